The van der Waals surface area contributed by atoms with Gasteiger partial charge >= 0.3 is 12.2 Å². The van der Waals surface area contributed by atoms with Crippen molar-refractivity contribution in [1.29, 1.82) is 0 Å². The summed E-state index contributed by atoms with van der Waals surface area (Å²) in [4.78, 5) is 11.7. The summed E-state index contributed by atoms with van der Waals surface area (Å²) < 4.78 is 44.0. The Morgan fingerprint density at radius 3 is 2.60 bits per heavy atom. The van der Waals surface area contributed by atoms with E-state index < -0.39 is 17.8 Å². The van der Waals surface area contributed by atoms with E-state index in [2.05, 4.69) is 10.6 Å². The summed E-state index contributed by atoms with van der Waals surface area (Å²) in [5.74, 6) is 0.589. The standard InChI is InChI=1S/C17H16ClF3N2O2/c1-11-10-12(6-7-14(11)18)25-9-8-22-16(24)23-15-5-3-2-4-13(15)17(19,20)21/h2-7,10H,8-9H2,1H3,(H2,22,23,24). The predicted octanol–water partition coefficient (Wildman–Crippen LogP) is 4.87. The van der Waals surface area contributed by atoms with Crippen LogP contribution in [0, 0.1) is 6.92 Å². The molecule has 0 aromatic heterocycles. The lowest BCUT2D eigenvalue weighted by Gasteiger charge is -2.14. The van der Waals surface area contributed by atoms with Crippen molar-refractivity contribution in [2.75, 3.05) is 18.5 Å². The summed E-state index contributed by atoms with van der Waals surface area (Å²) in [5, 5.41) is 5.25. The Kier molecular flexibility index (Phi) is 6.14. The topological polar surface area (TPSA) is 50.4 Å². The second-order valence-electron chi connectivity index (χ2n) is 5.18. The first kappa shape index (κ1) is 18.9. The first-order valence-corrected chi connectivity index (χ1v) is 7.75. The first-order chi connectivity index (χ1) is 11.8. The van der Waals surface area contributed by atoms with E-state index >= 15 is 0 Å². The number of ether oxygens (including phenoxy) is 1. The third-order valence-electron chi connectivity index (χ3n) is 3.27. The number of alkyl halides is 3. The molecule has 2 rings (SSSR count). The van der Waals surface area contributed by atoms with Crippen LogP contribution in [0.5, 0.6) is 5.75 Å². The van der Waals surface area contributed by atoms with Gasteiger partial charge in [0.05, 0.1) is 17.8 Å². The maximum atomic E-state index is 12.9. The molecule has 2 aromatic carbocycles. The lowest BCUT2D eigenvalue weighted by Crippen LogP contribution is -2.32. The molecule has 0 spiro atoms. The molecule has 2 amide bonds. The predicted molar refractivity (Wildman–Crippen MR) is 90.1 cm³/mol. The Labute approximate surface area is 147 Å². The third-order valence-corrected chi connectivity index (χ3v) is 3.69. The van der Waals surface area contributed by atoms with Crippen molar-refractivity contribution in [3.8, 4) is 5.75 Å². The molecule has 0 saturated heterocycles. The van der Waals surface area contributed by atoms with Crippen LogP contribution in [0.25, 0.3) is 0 Å². The van der Waals surface area contributed by atoms with Gasteiger partial charge in [-0.05, 0) is 42.8 Å². The summed E-state index contributed by atoms with van der Waals surface area (Å²) in [6, 6.07) is 9.16. The number of amides is 2. The number of nitrogens with one attached hydrogen (secondary N) is 2. The number of halogens is 4. The Morgan fingerprint density at radius 1 is 1.20 bits per heavy atom. The molecule has 0 aliphatic heterocycles. The normalized spacial score (nSPS) is 11.1. The van der Waals surface area contributed by atoms with Crippen molar-refractivity contribution < 1.29 is 22.7 Å². The van der Waals surface area contributed by atoms with E-state index in [0.717, 1.165) is 11.6 Å². The van der Waals surface area contributed by atoms with E-state index in [-0.39, 0.29) is 18.8 Å². The van der Waals surface area contributed by atoms with Crippen LogP contribution >= 0.6 is 11.6 Å². The largest absolute Gasteiger partial charge is 0.492 e. The number of carbonyl (C=O) groups is 1. The molecule has 0 saturated carbocycles. The molecular weight excluding hydrogens is 357 g/mol. The lowest BCUT2D eigenvalue weighted by atomic mass is 10.1. The van der Waals surface area contributed by atoms with Crippen LogP contribution in [0.3, 0.4) is 0 Å². The van der Waals surface area contributed by atoms with Crippen LogP contribution in [0.15, 0.2) is 42.5 Å². The second-order valence-corrected chi connectivity index (χ2v) is 5.59. The molecule has 2 aromatic rings. The number of carbonyl (C=O) groups excluding carboxylic acids is 1. The van der Waals surface area contributed by atoms with Gasteiger partial charge < -0.3 is 15.4 Å². The van der Waals surface area contributed by atoms with E-state index in [0.29, 0.717) is 10.8 Å². The van der Waals surface area contributed by atoms with Crippen LogP contribution in [0.4, 0.5) is 23.7 Å². The van der Waals surface area contributed by atoms with Crippen molar-refractivity contribution in [1.82, 2.24) is 5.32 Å². The van der Waals surface area contributed by atoms with Gasteiger partial charge in [-0.1, -0.05) is 23.7 Å². The minimum absolute atomic E-state index is 0.127. The summed E-state index contributed by atoms with van der Waals surface area (Å²) in [6.07, 6.45) is -4.54. The van der Waals surface area contributed by atoms with Crippen LogP contribution in [0.1, 0.15) is 11.1 Å². The van der Waals surface area contributed by atoms with Crippen LogP contribution in [-0.2, 0) is 6.18 Å². The molecule has 0 unspecified atom stereocenters. The number of aryl methyl sites for hydroxylation is 1. The van der Waals surface area contributed by atoms with Crippen molar-refractivity contribution >= 4 is 23.3 Å². The van der Waals surface area contributed by atoms with E-state index in [4.69, 9.17) is 16.3 Å². The molecule has 0 aliphatic rings. The highest BCUT2D eigenvalue weighted by Gasteiger charge is 2.33. The quantitative estimate of drug-likeness (QED) is 0.736. The molecule has 8 heteroatoms. The Morgan fingerprint density at radius 2 is 1.92 bits per heavy atom. The van der Waals surface area contributed by atoms with Gasteiger partial charge in [0.25, 0.3) is 0 Å². The second kappa shape index (κ2) is 8.11. The average molecular weight is 373 g/mol. The maximum absolute atomic E-state index is 12.9. The van der Waals surface area contributed by atoms with Crippen LogP contribution in [0.2, 0.25) is 5.02 Å². The number of urea groups is 1. The molecule has 0 radical (unpaired) electrons. The summed E-state index contributed by atoms with van der Waals surface area (Å²) in [5.41, 5.74) is -0.353. The molecule has 25 heavy (non-hydrogen) atoms. The number of anilines is 1. The summed E-state index contributed by atoms with van der Waals surface area (Å²) >= 11 is 5.90. The molecular formula is C17H16ClF3N2O2. The van der Waals surface area contributed by atoms with Gasteiger partial charge in [0.15, 0.2) is 0 Å². The molecule has 0 fully saturated rings. The van der Waals surface area contributed by atoms with Gasteiger partial charge in [0, 0.05) is 5.02 Å². The van der Waals surface area contributed by atoms with Gasteiger partial charge in [-0.3, -0.25) is 0 Å². The number of rotatable bonds is 5. The molecule has 134 valence electrons. The van der Waals surface area contributed by atoms with Crippen molar-refractivity contribution in [2.24, 2.45) is 0 Å². The number of para-hydroxylation sites is 1. The number of hydrogen-bond donors (Lipinski definition) is 2. The van der Waals surface area contributed by atoms with Gasteiger partial charge in [0.1, 0.15) is 12.4 Å². The highest BCUT2D eigenvalue weighted by Crippen LogP contribution is 2.34. The Bertz CT molecular complexity index is 751. The summed E-state index contributed by atoms with van der Waals surface area (Å²) in [6.45, 7) is 2.12. The molecule has 0 aliphatic carbocycles. The zero-order valence-corrected chi connectivity index (χ0v) is 14.0. The molecule has 4 nitrogen and oxygen atoms in total. The van der Waals surface area contributed by atoms with Crippen molar-refractivity contribution in [2.45, 2.75) is 13.1 Å². The lowest BCUT2D eigenvalue weighted by molar-refractivity contribution is -0.136. The van der Waals surface area contributed by atoms with Crippen LogP contribution in [-0.4, -0.2) is 19.2 Å². The number of benzene rings is 2. The highest BCUT2D eigenvalue weighted by molar-refractivity contribution is 6.31. The fourth-order valence-electron chi connectivity index (χ4n) is 2.05. The van der Waals surface area contributed by atoms with E-state index in [1.807, 2.05) is 6.92 Å². The maximum Gasteiger partial charge on any atom is 0.418 e. The van der Waals surface area contributed by atoms with Gasteiger partial charge in [-0.25, -0.2) is 4.79 Å². The zero-order valence-electron chi connectivity index (χ0n) is 13.3. The summed E-state index contributed by atoms with van der Waals surface area (Å²) in [7, 11) is 0. The average Bonchev–Trinajstić information content (AvgIpc) is 2.54. The van der Waals surface area contributed by atoms with Crippen LogP contribution < -0.4 is 15.4 Å². The fraction of sp³-hybridized carbons (Fsp3) is 0.235. The fourth-order valence-corrected chi connectivity index (χ4v) is 2.16. The van der Waals surface area contributed by atoms with Gasteiger partial charge in [-0.2, -0.15) is 13.2 Å². The van der Waals surface area contributed by atoms with Gasteiger partial charge in [0.2, 0.25) is 0 Å². The Hall–Kier alpha value is -2.41. The number of hydrogen-bond acceptors (Lipinski definition) is 2. The first-order valence-electron chi connectivity index (χ1n) is 7.37. The highest BCUT2D eigenvalue weighted by atomic mass is 35.5. The molecule has 0 atom stereocenters. The van der Waals surface area contributed by atoms with Crippen molar-refractivity contribution in [3.05, 3.63) is 58.6 Å². The molecule has 2 N–H and O–H groups in total. The smallest absolute Gasteiger partial charge is 0.418 e. The monoisotopic (exact) mass is 372 g/mol. The zero-order chi connectivity index (χ0) is 18.4. The van der Waals surface area contributed by atoms with Crippen molar-refractivity contribution in [3.63, 3.8) is 0 Å². The Balaban J connectivity index is 1.82. The minimum atomic E-state index is -4.54. The van der Waals surface area contributed by atoms with E-state index in [9.17, 15) is 18.0 Å². The minimum Gasteiger partial charge on any atom is -0.492 e. The molecule has 0 heterocycles. The SMILES string of the molecule is Cc1cc(OCCNC(=O)Nc2ccccc2C(F)(F)F)ccc1Cl. The van der Waals surface area contributed by atoms with E-state index in [1.54, 1.807) is 18.2 Å². The van der Waals surface area contributed by atoms with E-state index in [1.165, 1.54) is 18.2 Å². The molecule has 0 bridgehead atoms. The third kappa shape index (κ3) is 5.56. The van der Waals surface area contributed by atoms with Gasteiger partial charge in [-0.15, -0.1) is 0 Å².